The van der Waals surface area contributed by atoms with Crippen LogP contribution < -0.4 is 0 Å². The third-order valence-electron chi connectivity index (χ3n) is 3.19. The van der Waals surface area contributed by atoms with Crippen molar-refractivity contribution in [3.05, 3.63) is 0 Å². The van der Waals surface area contributed by atoms with Crippen molar-refractivity contribution in [2.45, 2.75) is 59.5 Å². The van der Waals surface area contributed by atoms with Crippen LogP contribution in [0.15, 0.2) is 0 Å². The molecule has 2 nitrogen and oxygen atoms in total. The predicted molar refractivity (Wildman–Crippen MR) is 59.0 cm³/mol. The Bertz CT molecular complexity index is 200. The number of rotatable bonds is 1. The first-order valence-corrected chi connectivity index (χ1v) is 5.75. The van der Waals surface area contributed by atoms with Crippen LogP contribution in [-0.2, 0) is 4.79 Å². The molecule has 0 N–H and O–H groups in total. The van der Waals surface area contributed by atoms with Gasteiger partial charge in [0.05, 0.1) is 0 Å². The molecule has 2 heteroatoms. The van der Waals surface area contributed by atoms with Crippen molar-refractivity contribution < 1.29 is 4.79 Å². The molecule has 0 aromatic heterocycles. The summed E-state index contributed by atoms with van der Waals surface area (Å²) in [5, 5.41) is 0. The maximum absolute atomic E-state index is 12.0. The second-order valence-corrected chi connectivity index (χ2v) is 5.17. The van der Waals surface area contributed by atoms with Crippen LogP contribution in [0, 0.1) is 11.8 Å². The van der Waals surface area contributed by atoms with E-state index < -0.39 is 0 Å². The van der Waals surface area contributed by atoms with E-state index in [1.54, 1.807) is 0 Å². The molecule has 1 aliphatic rings. The number of piperidine rings is 1. The third-order valence-corrected chi connectivity index (χ3v) is 3.19. The topological polar surface area (TPSA) is 20.3 Å². The second-order valence-electron chi connectivity index (χ2n) is 5.17. The number of hydrogen-bond donors (Lipinski definition) is 0. The second kappa shape index (κ2) is 4.33. The summed E-state index contributed by atoms with van der Waals surface area (Å²) in [4.78, 5) is 14.0. The normalized spacial score (nSPS) is 33.6. The Hall–Kier alpha value is -0.530. The van der Waals surface area contributed by atoms with Crippen LogP contribution in [0.5, 0.6) is 0 Å². The first-order chi connectivity index (χ1) is 6.43. The van der Waals surface area contributed by atoms with Gasteiger partial charge in [0.25, 0.3) is 0 Å². The lowest BCUT2D eigenvalue weighted by Crippen LogP contribution is -2.50. The average Bonchev–Trinajstić information content (AvgIpc) is 2.01. The lowest BCUT2D eigenvalue weighted by atomic mass is 9.88. The highest BCUT2D eigenvalue weighted by Crippen LogP contribution is 2.28. The summed E-state index contributed by atoms with van der Waals surface area (Å²) in [6, 6.07) is 0.840. The van der Waals surface area contributed by atoms with Crippen LogP contribution in [0.1, 0.15) is 47.5 Å². The van der Waals surface area contributed by atoms with Gasteiger partial charge in [0.2, 0.25) is 5.91 Å². The molecular weight excluding hydrogens is 174 g/mol. The van der Waals surface area contributed by atoms with Crippen molar-refractivity contribution in [3.8, 4) is 0 Å². The Balaban J connectivity index is 2.72. The zero-order valence-corrected chi connectivity index (χ0v) is 10.1. The minimum atomic E-state index is 0.133. The molecule has 0 bridgehead atoms. The molecule has 14 heavy (non-hydrogen) atoms. The molecule has 0 unspecified atom stereocenters. The molecule has 2 atom stereocenters. The largest absolute Gasteiger partial charge is 0.337 e. The molecule has 1 heterocycles. The quantitative estimate of drug-likeness (QED) is 0.633. The van der Waals surface area contributed by atoms with Gasteiger partial charge in [-0.15, -0.1) is 0 Å². The maximum atomic E-state index is 12.0. The summed E-state index contributed by atoms with van der Waals surface area (Å²) in [7, 11) is 0. The zero-order chi connectivity index (χ0) is 10.9. The van der Waals surface area contributed by atoms with Crippen molar-refractivity contribution in [2.24, 2.45) is 11.8 Å². The van der Waals surface area contributed by atoms with Crippen molar-refractivity contribution in [2.75, 3.05) is 0 Å². The fourth-order valence-electron chi connectivity index (χ4n) is 2.65. The Morgan fingerprint density at radius 1 is 1.14 bits per heavy atom. The number of likely N-dealkylation sites (tertiary alicyclic amines) is 1. The molecule has 0 aromatic carbocycles. The average molecular weight is 197 g/mol. The standard InChI is InChI=1S/C12H23NO/c1-8(2)12(14)13-10(4)6-9(3)7-11(13)5/h8-11H,6-7H2,1-5H3/t10-,11-/m1/s1. The highest BCUT2D eigenvalue weighted by molar-refractivity contribution is 5.78. The summed E-state index contributed by atoms with van der Waals surface area (Å²) in [6.45, 7) is 10.6. The van der Waals surface area contributed by atoms with Gasteiger partial charge in [-0.2, -0.15) is 0 Å². The van der Waals surface area contributed by atoms with Gasteiger partial charge < -0.3 is 4.90 Å². The Labute approximate surface area is 87.7 Å². The van der Waals surface area contributed by atoms with Crippen molar-refractivity contribution in [1.82, 2.24) is 4.90 Å². The van der Waals surface area contributed by atoms with Crippen LogP contribution in [0.3, 0.4) is 0 Å². The van der Waals surface area contributed by atoms with Crippen LogP contribution >= 0.6 is 0 Å². The highest BCUT2D eigenvalue weighted by Gasteiger charge is 2.32. The van der Waals surface area contributed by atoms with Gasteiger partial charge in [-0.05, 0) is 32.6 Å². The third kappa shape index (κ3) is 2.28. The fourth-order valence-corrected chi connectivity index (χ4v) is 2.65. The Morgan fingerprint density at radius 3 is 1.93 bits per heavy atom. The summed E-state index contributed by atoms with van der Waals surface area (Å²) in [5.74, 6) is 1.21. The molecule has 82 valence electrons. The number of nitrogens with zero attached hydrogens (tertiary/aromatic N) is 1. The van der Waals surface area contributed by atoms with Crippen molar-refractivity contribution >= 4 is 5.91 Å². The van der Waals surface area contributed by atoms with E-state index in [2.05, 4.69) is 25.7 Å². The van der Waals surface area contributed by atoms with Crippen LogP contribution in [0.4, 0.5) is 0 Å². The number of amides is 1. The van der Waals surface area contributed by atoms with Gasteiger partial charge in [-0.25, -0.2) is 0 Å². The van der Waals surface area contributed by atoms with E-state index in [4.69, 9.17) is 0 Å². The fraction of sp³-hybridized carbons (Fsp3) is 0.917. The minimum Gasteiger partial charge on any atom is -0.337 e. The summed E-state index contributed by atoms with van der Waals surface area (Å²) in [6.07, 6.45) is 2.31. The molecule has 0 radical (unpaired) electrons. The van der Waals surface area contributed by atoms with Crippen LogP contribution in [0.25, 0.3) is 0 Å². The maximum Gasteiger partial charge on any atom is 0.225 e. The van der Waals surface area contributed by atoms with Crippen LogP contribution in [0.2, 0.25) is 0 Å². The molecule has 1 fully saturated rings. The van der Waals surface area contributed by atoms with Gasteiger partial charge >= 0.3 is 0 Å². The smallest absolute Gasteiger partial charge is 0.225 e. The van der Waals surface area contributed by atoms with Gasteiger partial charge in [-0.3, -0.25) is 4.79 Å². The highest BCUT2D eigenvalue weighted by atomic mass is 16.2. The van der Waals surface area contributed by atoms with Crippen molar-refractivity contribution in [1.29, 1.82) is 0 Å². The molecule has 0 aliphatic carbocycles. The first kappa shape index (κ1) is 11.5. The molecule has 0 aromatic rings. The predicted octanol–water partition coefficient (Wildman–Crippen LogP) is 2.68. The van der Waals surface area contributed by atoms with Gasteiger partial charge in [0, 0.05) is 18.0 Å². The van der Waals surface area contributed by atoms with Gasteiger partial charge in [0.1, 0.15) is 0 Å². The van der Waals surface area contributed by atoms with E-state index in [9.17, 15) is 4.79 Å². The molecule has 1 amide bonds. The molecule has 0 spiro atoms. The van der Waals surface area contributed by atoms with E-state index in [1.807, 2.05) is 13.8 Å². The molecule has 1 aliphatic heterocycles. The molecule has 1 saturated heterocycles. The van der Waals surface area contributed by atoms with Crippen LogP contribution in [-0.4, -0.2) is 22.9 Å². The summed E-state index contributed by atoms with van der Waals surface area (Å²) < 4.78 is 0. The minimum absolute atomic E-state index is 0.133. The van der Waals surface area contributed by atoms with E-state index >= 15 is 0 Å². The number of carbonyl (C=O) groups is 1. The summed E-state index contributed by atoms with van der Waals surface area (Å²) in [5.41, 5.74) is 0. The molecule has 1 rings (SSSR count). The van der Waals surface area contributed by atoms with Gasteiger partial charge in [-0.1, -0.05) is 20.8 Å². The van der Waals surface area contributed by atoms with Gasteiger partial charge in [0.15, 0.2) is 0 Å². The zero-order valence-electron chi connectivity index (χ0n) is 10.1. The summed E-state index contributed by atoms with van der Waals surface area (Å²) >= 11 is 0. The molecule has 0 saturated carbocycles. The Kier molecular flexibility index (Phi) is 3.57. The Morgan fingerprint density at radius 2 is 1.57 bits per heavy atom. The van der Waals surface area contributed by atoms with E-state index in [0.29, 0.717) is 18.0 Å². The number of hydrogen-bond acceptors (Lipinski definition) is 1. The van der Waals surface area contributed by atoms with E-state index in [-0.39, 0.29) is 5.92 Å². The number of carbonyl (C=O) groups excluding carboxylic acids is 1. The van der Waals surface area contributed by atoms with E-state index in [0.717, 1.165) is 18.8 Å². The monoisotopic (exact) mass is 197 g/mol. The SMILES string of the molecule is CC1C[C@@H](C)N(C(=O)C(C)C)[C@H](C)C1. The molecular formula is C12H23NO. The van der Waals surface area contributed by atoms with E-state index in [1.165, 1.54) is 0 Å². The first-order valence-electron chi connectivity index (χ1n) is 5.75. The lowest BCUT2D eigenvalue weighted by Gasteiger charge is -2.42. The lowest BCUT2D eigenvalue weighted by molar-refractivity contribution is -0.141. The van der Waals surface area contributed by atoms with Crippen molar-refractivity contribution in [3.63, 3.8) is 0 Å².